The van der Waals surface area contributed by atoms with Crippen molar-refractivity contribution in [1.82, 2.24) is 0 Å². The summed E-state index contributed by atoms with van der Waals surface area (Å²) in [7, 11) is 0. The zero-order chi connectivity index (χ0) is 12.0. The molecule has 1 heterocycles. The van der Waals surface area contributed by atoms with E-state index in [1.165, 1.54) is 25.4 Å². The van der Waals surface area contributed by atoms with Crippen LogP contribution in [0.1, 0.15) is 33.5 Å². The molecule has 2 N–H and O–H groups in total. The summed E-state index contributed by atoms with van der Waals surface area (Å²) in [6, 6.07) is 11.0. The number of fused-ring (bicyclic) bond motifs is 1. The largest absolute Gasteiger partial charge is 0.323 e. The molecule has 0 amide bonds. The topological polar surface area (TPSA) is 26.0 Å². The van der Waals surface area contributed by atoms with Crippen LogP contribution in [0.5, 0.6) is 0 Å². The first-order valence-corrected chi connectivity index (χ1v) is 7.37. The molecular weight excluding hydrogens is 294 g/mol. The van der Waals surface area contributed by atoms with Crippen molar-refractivity contribution in [2.45, 2.75) is 25.3 Å². The van der Waals surface area contributed by atoms with Gasteiger partial charge in [0.05, 0.1) is 3.79 Å². The Labute approximate surface area is 114 Å². The summed E-state index contributed by atoms with van der Waals surface area (Å²) in [5.74, 6) is 0.496. The Balaban J connectivity index is 1.88. The number of benzene rings is 1. The first-order chi connectivity index (χ1) is 8.16. The fourth-order valence-corrected chi connectivity index (χ4v) is 4.10. The van der Waals surface area contributed by atoms with Crippen LogP contribution < -0.4 is 5.73 Å². The monoisotopic (exact) mass is 307 g/mol. The molecule has 0 saturated heterocycles. The van der Waals surface area contributed by atoms with Gasteiger partial charge in [-0.2, -0.15) is 0 Å². The number of rotatable bonds is 2. The number of halogens is 1. The SMILES string of the molecule is Cc1cc(C(N)C2Cc3ccccc32)sc1Br. The highest BCUT2D eigenvalue weighted by Gasteiger charge is 2.32. The summed E-state index contributed by atoms with van der Waals surface area (Å²) in [5.41, 5.74) is 10.6. The number of nitrogens with two attached hydrogens (primary N) is 1. The van der Waals surface area contributed by atoms with E-state index in [4.69, 9.17) is 5.73 Å². The predicted molar refractivity (Wildman–Crippen MR) is 76.6 cm³/mol. The molecule has 88 valence electrons. The van der Waals surface area contributed by atoms with Crippen LogP contribution >= 0.6 is 27.3 Å². The highest BCUT2D eigenvalue weighted by atomic mass is 79.9. The zero-order valence-electron chi connectivity index (χ0n) is 9.61. The highest BCUT2D eigenvalue weighted by molar-refractivity contribution is 9.11. The van der Waals surface area contributed by atoms with E-state index in [2.05, 4.69) is 53.2 Å². The van der Waals surface area contributed by atoms with Crippen molar-refractivity contribution in [3.63, 3.8) is 0 Å². The van der Waals surface area contributed by atoms with E-state index < -0.39 is 0 Å². The number of aryl methyl sites for hydroxylation is 1. The molecule has 1 aromatic heterocycles. The van der Waals surface area contributed by atoms with Gasteiger partial charge in [0.2, 0.25) is 0 Å². The van der Waals surface area contributed by atoms with Gasteiger partial charge in [0, 0.05) is 16.8 Å². The van der Waals surface area contributed by atoms with Gasteiger partial charge in [0.25, 0.3) is 0 Å². The molecular formula is C14H14BrNS. The van der Waals surface area contributed by atoms with E-state index in [1.54, 1.807) is 11.3 Å². The molecule has 1 nitrogen and oxygen atoms in total. The Hall–Kier alpha value is -0.640. The second-order valence-electron chi connectivity index (χ2n) is 4.64. The molecule has 2 aromatic rings. The summed E-state index contributed by atoms with van der Waals surface area (Å²) in [5, 5.41) is 0. The number of thiophene rings is 1. The Morgan fingerprint density at radius 3 is 2.82 bits per heavy atom. The fourth-order valence-electron chi connectivity index (χ4n) is 2.46. The molecule has 0 saturated carbocycles. The molecule has 1 aliphatic carbocycles. The van der Waals surface area contributed by atoms with Gasteiger partial charge >= 0.3 is 0 Å². The average Bonchev–Trinajstić information content (AvgIpc) is 2.61. The van der Waals surface area contributed by atoms with Gasteiger partial charge in [-0.15, -0.1) is 11.3 Å². The van der Waals surface area contributed by atoms with Crippen LogP contribution in [0.4, 0.5) is 0 Å². The normalized spacial score (nSPS) is 19.6. The average molecular weight is 308 g/mol. The zero-order valence-corrected chi connectivity index (χ0v) is 12.0. The van der Waals surface area contributed by atoms with Gasteiger partial charge in [-0.05, 0) is 52.0 Å². The van der Waals surface area contributed by atoms with Gasteiger partial charge < -0.3 is 5.73 Å². The summed E-state index contributed by atoms with van der Waals surface area (Å²) in [6.07, 6.45) is 1.12. The maximum Gasteiger partial charge on any atom is 0.0731 e. The van der Waals surface area contributed by atoms with Gasteiger partial charge in [0.1, 0.15) is 0 Å². The lowest BCUT2D eigenvalue weighted by molar-refractivity contribution is 0.506. The molecule has 3 rings (SSSR count). The van der Waals surface area contributed by atoms with Crippen molar-refractivity contribution in [1.29, 1.82) is 0 Å². The third kappa shape index (κ3) is 1.86. The lowest BCUT2D eigenvalue weighted by Crippen LogP contribution is -2.28. The molecule has 0 bridgehead atoms. The maximum atomic E-state index is 6.39. The molecule has 2 unspecified atom stereocenters. The van der Waals surface area contributed by atoms with Crippen molar-refractivity contribution >= 4 is 27.3 Å². The highest BCUT2D eigenvalue weighted by Crippen LogP contribution is 2.44. The van der Waals surface area contributed by atoms with Crippen molar-refractivity contribution in [2.75, 3.05) is 0 Å². The molecule has 1 aliphatic rings. The van der Waals surface area contributed by atoms with Crippen LogP contribution in [0.25, 0.3) is 0 Å². The van der Waals surface area contributed by atoms with Crippen LogP contribution in [-0.2, 0) is 6.42 Å². The standard InChI is InChI=1S/C14H14BrNS/c1-8-6-12(17-14(8)15)13(16)11-7-9-4-2-3-5-10(9)11/h2-6,11,13H,7,16H2,1H3. The Morgan fingerprint density at radius 1 is 1.41 bits per heavy atom. The first kappa shape index (κ1) is 11.5. The number of hydrogen-bond donors (Lipinski definition) is 1. The molecule has 0 fully saturated rings. The van der Waals surface area contributed by atoms with Gasteiger partial charge in [-0.25, -0.2) is 0 Å². The second-order valence-corrected chi connectivity index (χ2v) is 7.04. The molecule has 1 aromatic carbocycles. The second kappa shape index (κ2) is 4.23. The van der Waals surface area contributed by atoms with Crippen LogP contribution in [0.3, 0.4) is 0 Å². The maximum absolute atomic E-state index is 6.39. The number of hydrogen-bond acceptors (Lipinski definition) is 2. The Kier molecular flexibility index (Phi) is 2.85. The van der Waals surface area contributed by atoms with Gasteiger partial charge in [-0.1, -0.05) is 24.3 Å². The first-order valence-electron chi connectivity index (χ1n) is 5.76. The minimum absolute atomic E-state index is 0.139. The van der Waals surface area contributed by atoms with E-state index in [1.807, 2.05) is 0 Å². The molecule has 3 heteroatoms. The lowest BCUT2D eigenvalue weighted by Gasteiger charge is -2.34. The van der Waals surface area contributed by atoms with Crippen molar-refractivity contribution < 1.29 is 0 Å². The van der Waals surface area contributed by atoms with E-state index in [9.17, 15) is 0 Å². The minimum atomic E-state index is 0.139. The quantitative estimate of drug-likeness (QED) is 0.886. The molecule has 0 spiro atoms. The smallest absolute Gasteiger partial charge is 0.0731 e. The van der Waals surface area contributed by atoms with Gasteiger partial charge in [0.15, 0.2) is 0 Å². The van der Waals surface area contributed by atoms with Gasteiger partial charge in [-0.3, -0.25) is 0 Å². The molecule has 2 atom stereocenters. The molecule has 0 radical (unpaired) electrons. The Morgan fingerprint density at radius 2 is 2.18 bits per heavy atom. The van der Waals surface area contributed by atoms with E-state index >= 15 is 0 Å². The van der Waals surface area contributed by atoms with Crippen molar-refractivity contribution in [3.05, 3.63) is 55.7 Å². The van der Waals surface area contributed by atoms with E-state index in [0.717, 1.165) is 6.42 Å². The molecule has 0 aliphatic heterocycles. The van der Waals surface area contributed by atoms with Crippen molar-refractivity contribution in [2.24, 2.45) is 5.73 Å². The third-order valence-corrected chi connectivity index (χ3v) is 5.77. The summed E-state index contributed by atoms with van der Waals surface area (Å²) in [6.45, 7) is 2.12. The minimum Gasteiger partial charge on any atom is -0.323 e. The fraction of sp³-hybridized carbons (Fsp3) is 0.286. The lowest BCUT2D eigenvalue weighted by atomic mass is 9.73. The predicted octanol–water partition coefficient (Wildman–Crippen LogP) is 4.16. The summed E-state index contributed by atoms with van der Waals surface area (Å²) >= 11 is 5.33. The third-order valence-electron chi connectivity index (χ3n) is 3.53. The van der Waals surface area contributed by atoms with Crippen LogP contribution in [0.15, 0.2) is 34.1 Å². The van der Waals surface area contributed by atoms with Crippen LogP contribution in [0, 0.1) is 6.92 Å². The Bertz CT molecular complexity index is 542. The molecule has 17 heavy (non-hydrogen) atoms. The van der Waals surface area contributed by atoms with Crippen LogP contribution in [0.2, 0.25) is 0 Å². The van der Waals surface area contributed by atoms with Crippen molar-refractivity contribution in [3.8, 4) is 0 Å². The van der Waals surface area contributed by atoms with Crippen LogP contribution in [-0.4, -0.2) is 0 Å². The summed E-state index contributed by atoms with van der Waals surface area (Å²) < 4.78 is 1.20. The van der Waals surface area contributed by atoms with E-state index in [-0.39, 0.29) is 6.04 Å². The van der Waals surface area contributed by atoms with E-state index in [0.29, 0.717) is 5.92 Å². The summed E-state index contributed by atoms with van der Waals surface area (Å²) in [4.78, 5) is 1.29.